The van der Waals surface area contributed by atoms with Crippen LogP contribution in [0.4, 0.5) is 5.69 Å². The Hall–Kier alpha value is -2.69. The molecule has 9 nitrogen and oxygen atoms in total. The Morgan fingerprint density at radius 2 is 1.70 bits per heavy atom. The number of nitrogens with two attached hydrogens (primary N) is 1. The summed E-state index contributed by atoms with van der Waals surface area (Å²) in [4.78, 5) is 42.6. The largest absolute Gasteiger partial charge is 0.355 e. The Kier molecular flexibility index (Phi) is 14.9. The number of carbonyl (C=O) groups is 3. The first kappa shape index (κ1) is 36.5. The van der Waals surface area contributed by atoms with E-state index in [1.165, 1.54) is 17.3 Å². The van der Waals surface area contributed by atoms with Gasteiger partial charge in [0.05, 0.1) is 18.3 Å². The summed E-state index contributed by atoms with van der Waals surface area (Å²) >= 11 is 23.2. The summed E-state index contributed by atoms with van der Waals surface area (Å²) < 4.78 is 5.13. The Labute approximate surface area is 272 Å². The fourth-order valence-corrected chi connectivity index (χ4v) is 4.53. The van der Waals surface area contributed by atoms with Crippen molar-refractivity contribution in [2.45, 2.75) is 64.4 Å². The van der Waals surface area contributed by atoms with E-state index in [9.17, 15) is 14.4 Å². The highest BCUT2D eigenvalue weighted by Gasteiger charge is 2.30. The number of alkyl halides is 2. The molecule has 0 radical (unpaired) electrons. The quantitative estimate of drug-likeness (QED) is 0.206. The minimum absolute atomic E-state index is 0.00394. The van der Waals surface area contributed by atoms with Gasteiger partial charge in [-0.15, -0.1) is 0 Å². The van der Waals surface area contributed by atoms with E-state index in [4.69, 9.17) is 56.7 Å². The highest BCUT2D eigenvalue weighted by molar-refractivity contribution is 6.54. The average molecular weight is 673 g/mol. The zero-order valence-corrected chi connectivity index (χ0v) is 27.7. The van der Waals surface area contributed by atoms with Crippen LogP contribution in [-0.2, 0) is 14.4 Å². The number of hydrogen-bond acceptors (Lipinski definition) is 7. The summed E-state index contributed by atoms with van der Waals surface area (Å²) in [6.07, 6.45) is 3.69. The fourth-order valence-electron chi connectivity index (χ4n) is 3.89. The van der Waals surface area contributed by atoms with Crippen molar-refractivity contribution in [3.63, 3.8) is 0 Å². The standard InChI is InChI=1S/C23H31Cl2N5O4.C7H6Cl2/c1-5-14(4)19(26)22(32)29-20(13(2)3)17(31)8-11-30(23(33)21(24)25)15-6-9-27-16(12-15)18-7-10-28-34-18;1-5-6(8)3-2-4-7(5)9/h6-7,9-10,12-14,19-21H,5,8,11,26H2,1-4H3,(H,29,32);2-4H,1H3. The number of anilines is 1. The average Bonchev–Trinajstić information content (AvgIpc) is 3.53. The number of nitrogens with zero attached hydrogens (tertiary/aromatic N) is 3. The molecule has 2 amide bonds. The molecule has 1 aromatic carbocycles. The predicted molar refractivity (Wildman–Crippen MR) is 173 cm³/mol. The van der Waals surface area contributed by atoms with Crippen LogP contribution in [0.15, 0.2) is 53.3 Å². The number of aromatic nitrogens is 2. The molecule has 3 aromatic rings. The number of Topliss-reactive ketones (excluding diaryl/α,β-unsaturated/α-hetero) is 1. The van der Waals surface area contributed by atoms with Crippen molar-refractivity contribution in [1.82, 2.24) is 15.5 Å². The topological polar surface area (TPSA) is 131 Å². The van der Waals surface area contributed by atoms with Crippen molar-refractivity contribution >= 4 is 69.7 Å². The van der Waals surface area contributed by atoms with Crippen LogP contribution in [0.2, 0.25) is 10.0 Å². The number of carbonyl (C=O) groups excluding carboxylic acids is 3. The van der Waals surface area contributed by atoms with Crippen LogP contribution in [0.1, 0.15) is 46.1 Å². The lowest BCUT2D eigenvalue weighted by atomic mass is 9.95. The number of benzene rings is 1. The van der Waals surface area contributed by atoms with E-state index in [2.05, 4.69) is 15.5 Å². The van der Waals surface area contributed by atoms with Gasteiger partial charge in [-0.2, -0.15) is 0 Å². The van der Waals surface area contributed by atoms with E-state index in [1.54, 1.807) is 18.2 Å². The molecule has 0 saturated carbocycles. The summed E-state index contributed by atoms with van der Waals surface area (Å²) in [6.45, 7) is 9.40. The second-order valence-corrected chi connectivity index (χ2v) is 12.2. The summed E-state index contributed by atoms with van der Waals surface area (Å²) in [5, 5.41) is 7.88. The molecule has 3 atom stereocenters. The molecule has 0 fully saturated rings. The number of halogens is 4. The van der Waals surface area contributed by atoms with E-state index < -0.39 is 22.8 Å². The van der Waals surface area contributed by atoms with Gasteiger partial charge in [-0.25, -0.2) is 0 Å². The van der Waals surface area contributed by atoms with Crippen molar-refractivity contribution in [2.75, 3.05) is 11.4 Å². The maximum atomic E-state index is 13.1. The summed E-state index contributed by atoms with van der Waals surface area (Å²) in [5.41, 5.74) is 7.86. The third-order valence-electron chi connectivity index (χ3n) is 6.85. The van der Waals surface area contributed by atoms with Gasteiger partial charge in [0.2, 0.25) is 5.91 Å². The van der Waals surface area contributed by atoms with Crippen molar-refractivity contribution in [3.05, 3.63) is 64.4 Å². The molecule has 0 aliphatic heterocycles. The number of rotatable bonds is 12. The molecular weight excluding hydrogens is 636 g/mol. The molecule has 43 heavy (non-hydrogen) atoms. The molecule has 3 N–H and O–H groups in total. The van der Waals surface area contributed by atoms with Gasteiger partial charge in [0, 0.05) is 41.0 Å². The molecule has 0 aliphatic rings. The van der Waals surface area contributed by atoms with Gasteiger partial charge in [0.1, 0.15) is 5.69 Å². The van der Waals surface area contributed by atoms with Crippen LogP contribution in [0.3, 0.4) is 0 Å². The van der Waals surface area contributed by atoms with Gasteiger partial charge in [-0.05, 0) is 48.6 Å². The smallest absolute Gasteiger partial charge is 0.260 e. The van der Waals surface area contributed by atoms with Gasteiger partial charge in [0.15, 0.2) is 16.4 Å². The van der Waals surface area contributed by atoms with E-state index in [0.29, 0.717) is 17.1 Å². The molecule has 3 unspecified atom stereocenters. The van der Waals surface area contributed by atoms with Gasteiger partial charge in [0.25, 0.3) is 5.91 Å². The Balaban J connectivity index is 0.000000609. The number of hydrogen-bond donors (Lipinski definition) is 2. The van der Waals surface area contributed by atoms with E-state index in [-0.39, 0.29) is 36.5 Å². The molecule has 0 aliphatic carbocycles. The zero-order valence-electron chi connectivity index (χ0n) is 24.7. The van der Waals surface area contributed by atoms with Crippen molar-refractivity contribution in [3.8, 4) is 11.5 Å². The minimum atomic E-state index is -1.33. The second kappa shape index (κ2) is 17.6. The molecule has 0 saturated heterocycles. The molecule has 234 valence electrons. The van der Waals surface area contributed by atoms with Crippen LogP contribution in [0.5, 0.6) is 0 Å². The first-order valence-electron chi connectivity index (χ1n) is 13.7. The van der Waals surface area contributed by atoms with Crippen LogP contribution in [0, 0.1) is 18.8 Å². The molecule has 0 bridgehead atoms. The first-order chi connectivity index (χ1) is 20.3. The van der Waals surface area contributed by atoms with Crippen molar-refractivity contribution in [2.24, 2.45) is 17.6 Å². The minimum Gasteiger partial charge on any atom is -0.355 e. The summed E-state index contributed by atoms with van der Waals surface area (Å²) in [5.74, 6) is -0.971. The van der Waals surface area contributed by atoms with E-state index in [0.717, 1.165) is 22.0 Å². The van der Waals surface area contributed by atoms with Crippen LogP contribution >= 0.6 is 46.4 Å². The molecule has 3 rings (SSSR count). The van der Waals surface area contributed by atoms with Gasteiger partial charge < -0.3 is 20.5 Å². The summed E-state index contributed by atoms with van der Waals surface area (Å²) in [6, 6.07) is 8.87. The molecule has 2 heterocycles. The van der Waals surface area contributed by atoms with Gasteiger partial charge >= 0.3 is 0 Å². The van der Waals surface area contributed by atoms with Crippen molar-refractivity contribution < 1.29 is 18.9 Å². The molecule has 2 aromatic heterocycles. The number of pyridine rings is 1. The SMILES string of the molecule is CCC(C)C(N)C(=O)NC(C(=O)CCN(C(=O)C(Cl)Cl)c1ccnc(-c2ccno2)c1)C(C)C.Cc1c(Cl)cccc1Cl. The van der Waals surface area contributed by atoms with Gasteiger partial charge in [-0.3, -0.25) is 19.4 Å². The first-order valence-corrected chi connectivity index (χ1v) is 15.4. The molecule has 0 spiro atoms. The van der Waals surface area contributed by atoms with E-state index in [1.807, 2.05) is 52.8 Å². The zero-order chi connectivity index (χ0) is 32.3. The number of amides is 2. The van der Waals surface area contributed by atoms with Crippen molar-refractivity contribution in [1.29, 1.82) is 0 Å². The normalized spacial score (nSPS) is 13.1. The van der Waals surface area contributed by atoms with E-state index >= 15 is 0 Å². The molecule has 13 heteroatoms. The lowest BCUT2D eigenvalue weighted by Gasteiger charge is -2.27. The monoisotopic (exact) mass is 671 g/mol. The fraction of sp³-hybridized carbons (Fsp3) is 0.433. The van der Waals surface area contributed by atoms with Crippen LogP contribution < -0.4 is 16.0 Å². The Morgan fingerprint density at radius 1 is 1.05 bits per heavy atom. The van der Waals surface area contributed by atoms with Gasteiger partial charge in [-0.1, -0.05) is 91.7 Å². The Bertz CT molecular complexity index is 1330. The third kappa shape index (κ3) is 10.8. The van der Waals surface area contributed by atoms with Crippen LogP contribution in [0.25, 0.3) is 11.5 Å². The Morgan fingerprint density at radius 3 is 2.21 bits per heavy atom. The summed E-state index contributed by atoms with van der Waals surface area (Å²) in [7, 11) is 0. The number of ketones is 1. The lowest BCUT2D eigenvalue weighted by molar-refractivity contribution is -0.130. The molecular formula is C30H37Cl4N5O4. The predicted octanol–water partition coefficient (Wildman–Crippen LogP) is 6.65. The maximum Gasteiger partial charge on any atom is 0.260 e. The number of nitrogens with one attached hydrogen (secondary N) is 1. The highest BCUT2D eigenvalue weighted by Crippen LogP contribution is 2.25. The highest BCUT2D eigenvalue weighted by atomic mass is 35.5. The van der Waals surface area contributed by atoms with Crippen LogP contribution in [-0.4, -0.2) is 51.2 Å². The maximum absolute atomic E-state index is 13.1. The second-order valence-electron chi connectivity index (χ2n) is 10.3. The lowest BCUT2D eigenvalue weighted by Crippen LogP contribution is -2.52. The third-order valence-corrected chi connectivity index (χ3v) is 8.04.